The lowest BCUT2D eigenvalue weighted by Gasteiger charge is -2.18. The predicted octanol–water partition coefficient (Wildman–Crippen LogP) is 2.65. The van der Waals surface area contributed by atoms with Gasteiger partial charge in [-0.05, 0) is 26.2 Å². The van der Waals surface area contributed by atoms with E-state index in [1.807, 2.05) is 0 Å². The van der Waals surface area contributed by atoms with Crippen LogP contribution < -0.4 is 0 Å². The molecule has 0 aliphatic heterocycles. The number of terminal acetylenes is 1. The molecule has 0 heteroatoms. The zero-order valence-electron chi connectivity index (χ0n) is 6.78. The van der Waals surface area contributed by atoms with Gasteiger partial charge in [-0.25, -0.2) is 0 Å². The maximum Gasteiger partial charge on any atom is 0.0261 e. The Balaban J connectivity index is 3.76. The Morgan fingerprint density at radius 1 is 1.44 bits per heavy atom. The molecule has 1 radical (unpaired) electrons. The third-order valence-electron chi connectivity index (χ3n) is 1.19. The van der Waals surface area contributed by atoms with E-state index in [4.69, 9.17) is 6.42 Å². The summed E-state index contributed by atoms with van der Waals surface area (Å²) in [6, 6.07) is 0. The number of rotatable bonds is 2. The van der Waals surface area contributed by atoms with Crippen LogP contribution in [0.3, 0.4) is 0 Å². The minimum Gasteiger partial charge on any atom is -0.120 e. The van der Waals surface area contributed by atoms with Crippen LogP contribution in [0.5, 0.6) is 0 Å². The van der Waals surface area contributed by atoms with Crippen LogP contribution in [0.25, 0.3) is 0 Å². The van der Waals surface area contributed by atoms with Crippen molar-refractivity contribution in [2.45, 2.75) is 34.1 Å². The first-order valence-electron chi connectivity index (χ1n) is 3.25. The van der Waals surface area contributed by atoms with Crippen LogP contribution in [-0.2, 0) is 0 Å². The second kappa shape index (κ2) is 2.92. The Labute approximate surface area is 58.7 Å². The molecule has 0 aliphatic rings. The van der Waals surface area contributed by atoms with Gasteiger partial charge >= 0.3 is 0 Å². The molecular formula is C9H15. The molecule has 0 fully saturated rings. The highest BCUT2D eigenvalue weighted by atomic mass is 14.2. The van der Waals surface area contributed by atoms with Gasteiger partial charge in [0.2, 0.25) is 0 Å². The Hall–Kier alpha value is -0.440. The topological polar surface area (TPSA) is 0 Å². The summed E-state index contributed by atoms with van der Waals surface area (Å²) in [6.07, 6.45) is 6.32. The van der Waals surface area contributed by atoms with Crippen molar-refractivity contribution in [3.05, 3.63) is 5.92 Å². The van der Waals surface area contributed by atoms with Crippen molar-refractivity contribution < 1.29 is 0 Å². The van der Waals surface area contributed by atoms with Gasteiger partial charge in [0.25, 0.3) is 0 Å². The summed E-state index contributed by atoms with van der Waals surface area (Å²) in [5.41, 5.74) is 0.0544. The van der Waals surface area contributed by atoms with E-state index in [0.29, 0.717) is 0 Å². The summed E-state index contributed by atoms with van der Waals surface area (Å²) in [4.78, 5) is 0. The number of hydrogen-bond acceptors (Lipinski definition) is 0. The van der Waals surface area contributed by atoms with Crippen molar-refractivity contribution >= 4 is 0 Å². The highest BCUT2D eigenvalue weighted by Crippen LogP contribution is 2.24. The van der Waals surface area contributed by atoms with E-state index in [9.17, 15) is 0 Å². The van der Waals surface area contributed by atoms with Gasteiger partial charge in [0.05, 0.1) is 0 Å². The molecule has 0 atom stereocenters. The fourth-order valence-corrected chi connectivity index (χ4v) is 0.935. The first-order valence-corrected chi connectivity index (χ1v) is 3.25. The molecule has 0 amide bonds. The molecule has 0 aromatic rings. The monoisotopic (exact) mass is 123 g/mol. The largest absolute Gasteiger partial charge is 0.120 e. The van der Waals surface area contributed by atoms with Gasteiger partial charge in [0.1, 0.15) is 0 Å². The van der Waals surface area contributed by atoms with E-state index in [1.54, 1.807) is 0 Å². The zero-order chi connectivity index (χ0) is 7.49. The summed E-state index contributed by atoms with van der Waals surface area (Å²) < 4.78 is 0. The molecule has 0 unspecified atom stereocenters. The van der Waals surface area contributed by atoms with Gasteiger partial charge in [-0.3, -0.25) is 0 Å². The summed E-state index contributed by atoms with van der Waals surface area (Å²) in [6.45, 7) is 8.39. The fourth-order valence-electron chi connectivity index (χ4n) is 0.935. The average molecular weight is 123 g/mol. The van der Waals surface area contributed by atoms with E-state index < -0.39 is 0 Å². The van der Waals surface area contributed by atoms with Gasteiger partial charge in [0.15, 0.2) is 0 Å². The minimum absolute atomic E-state index is 0.0544. The van der Waals surface area contributed by atoms with Crippen molar-refractivity contribution in [3.8, 4) is 12.3 Å². The highest BCUT2D eigenvalue weighted by molar-refractivity contribution is 5.04. The molecule has 51 valence electrons. The smallest absolute Gasteiger partial charge is 0.0261 e. The van der Waals surface area contributed by atoms with Crippen LogP contribution in [0, 0.1) is 23.7 Å². The standard InChI is InChI=1S/C9H15/c1-6-9(4,5)7-8(2)3/h1H,7H2,2-5H3. The van der Waals surface area contributed by atoms with Crippen molar-refractivity contribution in [1.82, 2.24) is 0 Å². The third-order valence-corrected chi connectivity index (χ3v) is 1.19. The van der Waals surface area contributed by atoms with Crippen molar-refractivity contribution in [2.75, 3.05) is 0 Å². The van der Waals surface area contributed by atoms with Crippen LogP contribution in [0.1, 0.15) is 34.1 Å². The third kappa shape index (κ3) is 4.09. The molecule has 0 aromatic carbocycles. The quantitative estimate of drug-likeness (QED) is 0.495. The first-order chi connectivity index (χ1) is 3.98. The lowest BCUT2D eigenvalue weighted by molar-refractivity contribution is 0.471. The summed E-state index contributed by atoms with van der Waals surface area (Å²) in [7, 11) is 0. The highest BCUT2D eigenvalue weighted by Gasteiger charge is 2.15. The maximum atomic E-state index is 5.29. The lowest BCUT2D eigenvalue weighted by Crippen LogP contribution is -2.09. The fraction of sp³-hybridized carbons (Fsp3) is 0.667. The molecule has 0 nitrogen and oxygen atoms in total. The molecule has 0 rings (SSSR count). The van der Waals surface area contributed by atoms with Gasteiger partial charge < -0.3 is 0 Å². The van der Waals surface area contributed by atoms with E-state index in [0.717, 1.165) is 6.42 Å². The molecule has 0 aromatic heterocycles. The van der Waals surface area contributed by atoms with Crippen molar-refractivity contribution in [1.29, 1.82) is 0 Å². The zero-order valence-corrected chi connectivity index (χ0v) is 6.78. The SMILES string of the molecule is C#CC(C)(C)C[C](C)C. The lowest BCUT2D eigenvalue weighted by atomic mass is 9.85. The van der Waals surface area contributed by atoms with Crippen molar-refractivity contribution in [2.24, 2.45) is 5.41 Å². The Morgan fingerprint density at radius 3 is 2.00 bits per heavy atom. The van der Waals surface area contributed by atoms with Gasteiger partial charge in [-0.1, -0.05) is 13.8 Å². The van der Waals surface area contributed by atoms with Crippen LogP contribution in [0.15, 0.2) is 0 Å². The molecule has 0 heterocycles. The average Bonchev–Trinajstić information content (AvgIpc) is 1.63. The van der Waals surface area contributed by atoms with E-state index in [1.165, 1.54) is 5.92 Å². The molecule has 0 saturated carbocycles. The molecule has 0 spiro atoms. The first kappa shape index (κ1) is 8.56. The van der Waals surface area contributed by atoms with Gasteiger partial charge in [-0.15, -0.1) is 12.3 Å². The van der Waals surface area contributed by atoms with E-state index in [2.05, 4.69) is 33.6 Å². The van der Waals surface area contributed by atoms with Crippen LogP contribution in [-0.4, -0.2) is 0 Å². The molecular weight excluding hydrogens is 108 g/mol. The maximum absolute atomic E-state index is 5.29. The normalized spacial score (nSPS) is 11.6. The summed E-state index contributed by atoms with van der Waals surface area (Å²) >= 11 is 0. The van der Waals surface area contributed by atoms with Crippen LogP contribution in [0.2, 0.25) is 0 Å². The molecule has 0 bridgehead atoms. The minimum atomic E-state index is 0.0544. The van der Waals surface area contributed by atoms with Gasteiger partial charge in [0, 0.05) is 5.41 Å². The molecule has 9 heavy (non-hydrogen) atoms. The van der Waals surface area contributed by atoms with Crippen molar-refractivity contribution in [3.63, 3.8) is 0 Å². The van der Waals surface area contributed by atoms with Gasteiger partial charge in [-0.2, -0.15) is 0 Å². The molecule has 0 saturated heterocycles. The van der Waals surface area contributed by atoms with Crippen LogP contribution in [0.4, 0.5) is 0 Å². The number of hydrogen-bond donors (Lipinski definition) is 0. The van der Waals surface area contributed by atoms with E-state index in [-0.39, 0.29) is 5.41 Å². The van der Waals surface area contributed by atoms with Crippen LogP contribution >= 0.6 is 0 Å². The predicted molar refractivity (Wildman–Crippen MR) is 41.8 cm³/mol. The Bertz CT molecular complexity index is 112. The second-order valence-corrected chi connectivity index (χ2v) is 3.41. The Kier molecular flexibility index (Phi) is 2.77. The van der Waals surface area contributed by atoms with E-state index >= 15 is 0 Å². The summed E-state index contributed by atoms with van der Waals surface area (Å²) in [5, 5.41) is 0. The second-order valence-electron chi connectivity index (χ2n) is 3.41. The Morgan fingerprint density at radius 2 is 1.89 bits per heavy atom. The summed E-state index contributed by atoms with van der Waals surface area (Å²) in [5.74, 6) is 4.15. The molecule has 0 N–H and O–H groups in total. The molecule has 0 aliphatic carbocycles.